The lowest BCUT2D eigenvalue weighted by molar-refractivity contribution is 0.117. The zero-order chi connectivity index (χ0) is 20.0. The molecule has 0 saturated heterocycles. The highest BCUT2D eigenvalue weighted by Gasteiger charge is 2.26. The molecule has 3 atom stereocenters. The molecule has 0 bridgehead atoms. The molecule has 0 radical (unpaired) electrons. The summed E-state index contributed by atoms with van der Waals surface area (Å²) in [6.07, 6.45) is 1.03. The smallest absolute Gasteiger partial charge is 0.251 e. The van der Waals surface area contributed by atoms with E-state index in [-0.39, 0.29) is 25.1 Å². The first-order valence-corrected chi connectivity index (χ1v) is 10.4. The maximum absolute atomic E-state index is 13.8. The Kier molecular flexibility index (Phi) is 8.17. The molecule has 148 valence electrons. The first-order valence-electron chi connectivity index (χ1n) is 8.59. The van der Waals surface area contributed by atoms with E-state index in [9.17, 15) is 17.9 Å². The minimum absolute atomic E-state index is 0.120. The molecule has 1 rings (SSSR count). The van der Waals surface area contributed by atoms with Crippen molar-refractivity contribution in [2.24, 2.45) is 21.8 Å². The summed E-state index contributed by atoms with van der Waals surface area (Å²) in [6.45, 7) is 2.87. The number of aliphatic hydroxyl groups excluding tert-OH is 1. The van der Waals surface area contributed by atoms with Crippen LogP contribution in [0.25, 0.3) is 0 Å². The number of sulfonamides is 1. The van der Waals surface area contributed by atoms with Crippen LogP contribution in [0.15, 0.2) is 34.7 Å². The number of alkyl halides is 1. The molecule has 0 saturated carbocycles. The maximum atomic E-state index is 13.8. The Morgan fingerprint density at radius 3 is 2.38 bits per heavy atom. The van der Waals surface area contributed by atoms with Crippen LogP contribution in [-0.2, 0) is 16.4 Å². The number of hydrogen-bond acceptors (Lipinski definition) is 4. The van der Waals surface area contributed by atoms with Gasteiger partial charge in [-0.3, -0.25) is 0 Å². The molecule has 3 unspecified atom stereocenters. The zero-order valence-corrected chi connectivity index (χ0v) is 16.4. The molecular weight excluding hydrogens is 357 g/mol. The van der Waals surface area contributed by atoms with E-state index in [2.05, 4.69) is 4.40 Å². The quantitative estimate of drug-likeness (QED) is 0.418. The number of nitrogens with two attached hydrogens (primary N) is 2. The molecule has 0 aliphatic heterocycles. The average molecular weight is 388 g/mol. The van der Waals surface area contributed by atoms with Gasteiger partial charge in [-0.25, -0.2) is 12.8 Å². The fraction of sp³-hybridized carbons (Fsp3) is 0.611. The van der Waals surface area contributed by atoms with Crippen molar-refractivity contribution >= 4 is 15.9 Å². The third-order valence-corrected chi connectivity index (χ3v) is 4.65. The van der Waals surface area contributed by atoms with Gasteiger partial charge in [-0.15, -0.1) is 0 Å². The Hall–Kier alpha value is -1.51. The summed E-state index contributed by atoms with van der Waals surface area (Å²) in [5.41, 5.74) is 11.5. The molecular formula is C18H30FN3O3S. The topological polar surface area (TPSA) is 119 Å². The third kappa shape index (κ3) is 9.26. The largest absolute Gasteiger partial charge is 0.391 e. The van der Waals surface area contributed by atoms with Crippen molar-refractivity contribution in [2.45, 2.75) is 57.3 Å². The van der Waals surface area contributed by atoms with Crippen LogP contribution in [-0.4, -0.2) is 43.4 Å². The van der Waals surface area contributed by atoms with Crippen LogP contribution in [0.4, 0.5) is 4.39 Å². The normalized spacial score (nSPS) is 16.9. The number of nitrogens with zero attached hydrogens (tertiary/aromatic N) is 1. The van der Waals surface area contributed by atoms with Crippen molar-refractivity contribution in [1.82, 2.24) is 0 Å². The van der Waals surface area contributed by atoms with E-state index in [4.69, 9.17) is 11.5 Å². The molecule has 0 aromatic heterocycles. The summed E-state index contributed by atoms with van der Waals surface area (Å²) < 4.78 is 40.1. The Morgan fingerprint density at radius 2 is 1.88 bits per heavy atom. The lowest BCUT2D eigenvalue weighted by Crippen LogP contribution is -2.40. The Morgan fingerprint density at radius 1 is 1.31 bits per heavy atom. The highest BCUT2D eigenvalue weighted by atomic mass is 32.2. The van der Waals surface area contributed by atoms with Gasteiger partial charge in [0.15, 0.2) is 0 Å². The van der Waals surface area contributed by atoms with Crippen LogP contribution in [0.5, 0.6) is 0 Å². The highest BCUT2D eigenvalue weighted by Crippen LogP contribution is 2.24. The van der Waals surface area contributed by atoms with Crippen LogP contribution >= 0.6 is 0 Å². The maximum Gasteiger partial charge on any atom is 0.251 e. The van der Waals surface area contributed by atoms with Gasteiger partial charge >= 0.3 is 0 Å². The zero-order valence-electron chi connectivity index (χ0n) is 15.6. The summed E-state index contributed by atoms with van der Waals surface area (Å²) in [4.78, 5) is 0. The molecule has 0 amide bonds. The number of rotatable bonds is 10. The van der Waals surface area contributed by atoms with Crippen molar-refractivity contribution in [2.75, 3.05) is 6.26 Å². The van der Waals surface area contributed by atoms with E-state index in [0.29, 0.717) is 6.42 Å². The fourth-order valence-corrected chi connectivity index (χ4v) is 3.19. The van der Waals surface area contributed by atoms with Crippen molar-refractivity contribution in [1.29, 1.82) is 0 Å². The van der Waals surface area contributed by atoms with Gasteiger partial charge in [0, 0.05) is 12.0 Å². The molecule has 0 aliphatic carbocycles. The van der Waals surface area contributed by atoms with Crippen molar-refractivity contribution in [3.63, 3.8) is 0 Å². The van der Waals surface area contributed by atoms with Gasteiger partial charge in [0.25, 0.3) is 10.0 Å². The van der Waals surface area contributed by atoms with Gasteiger partial charge in [0.2, 0.25) is 0 Å². The second-order valence-corrected chi connectivity index (χ2v) is 9.01. The van der Waals surface area contributed by atoms with E-state index in [1.165, 1.54) is 13.8 Å². The number of benzene rings is 1. The molecule has 0 spiro atoms. The van der Waals surface area contributed by atoms with Gasteiger partial charge in [0.05, 0.1) is 12.4 Å². The summed E-state index contributed by atoms with van der Waals surface area (Å²) in [5, 5.41) is 10.4. The first-order chi connectivity index (χ1) is 11.9. The summed E-state index contributed by atoms with van der Waals surface area (Å²) in [6, 6.07) is 8.94. The Labute approximate surface area is 155 Å². The Balaban J connectivity index is 2.84. The lowest BCUT2D eigenvalue weighted by atomic mass is 9.88. The molecule has 8 heteroatoms. The summed E-state index contributed by atoms with van der Waals surface area (Å²) in [7, 11) is -3.67. The molecule has 26 heavy (non-hydrogen) atoms. The SMILES string of the molecule is CC(C)(F)CCC(CC(O)C(N)Cc1ccccc1)C(N)=NS(C)(=O)=O. The van der Waals surface area contributed by atoms with Gasteiger partial charge in [0.1, 0.15) is 11.5 Å². The summed E-state index contributed by atoms with van der Waals surface area (Å²) >= 11 is 0. The number of aliphatic hydroxyl groups is 1. The molecule has 0 aliphatic rings. The van der Waals surface area contributed by atoms with Gasteiger partial charge in [-0.1, -0.05) is 30.3 Å². The van der Waals surface area contributed by atoms with E-state index >= 15 is 0 Å². The molecule has 6 nitrogen and oxygen atoms in total. The average Bonchev–Trinajstić information content (AvgIpc) is 2.49. The van der Waals surface area contributed by atoms with Crippen LogP contribution in [0.1, 0.15) is 38.7 Å². The van der Waals surface area contributed by atoms with E-state index in [0.717, 1.165) is 11.8 Å². The third-order valence-electron chi connectivity index (χ3n) is 4.11. The van der Waals surface area contributed by atoms with E-state index < -0.39 is 33.8 Å². The number of halogens is 1. The predicted octanol–water partition coefficient (Wildman–Crippen LogP) is 1.77. The molecule has 0 fully saturated rings. The Bertz CT molecular complexity index is 687. The van der Waals surface area contributed by atoms with E-state index in [1.54, 1.807) is 0 Å². The lowest BCUT2D eigenvalue weighted by Gasteiger charge is -2.25. The van der Waals surface area contributed by atoms with Gasteiger partial charge in [-0.05, 0) is 45.1 Å². The van der Waals surface area contributed by atoms with Crippen LogP contribution in [0, 0.1) is 5.92 Å². The van der Waals surface area contributed by atoms with Crippen LogP contribution in [0.2, 0.25) is 0 Å². The van der Waals surface area contributed by atoms with Crippen LogP contribution in [0.3, 0.4) is 0 Å². The standard InChI is InChI=1S/C18H30FN3O3S/c1-18(2,19)10-9-14(17(21)22-26(3,24)25)12-16(23)15(20)11-13-7-5-4-6-8-13/h4-8,14-16,23H,9-12,20H2,1-3H3,(H2,21,22). The molecule has 1 aromatic carbocycles. The van der Waals surface area contributed by atoms with Crippen molar-refractivity contribution in [3.05, 3.63) is 35.9 Å². The molecule has 5 N–H and O–H groups in total. The molecule has 1 aromatic rings. The highest BCUT2D eigenvalue weighted by molar-refractivity contribution is 7.89. The second kappa shape index (κ2) is 9.43. The fourth-order valence-electron chi connectivity index (χ4n) is 2.66. The first kappa shape index (κ1) is 22.5. The van der Waals surface area contributed by atoms with Crippen molar-refractivity contribution in [3.8, 4) is 0 Å². The minimum Gasteiger partial charge on any atom is -0.391 e. The summed E-state index contributed by atoms with van der Waals surface area (Å²) in [5.74, 6) is -0.695. The van der Waals surface area contributed by atoms with E-state index in [1.807, 2.05) is 30.3 Å². The van der Waals surface area contributed by atoms with Crippen molar-refractivity contribution < 1.29 is 17.9 Å². The predicted molar refractivity (Wildman–Crippen MR) is 103 cm³/mol. The van der Waals surface area contributed by atoms with Gasteiger partial charge in [-0.2, -0.15) is 4.40 Å². The number of hydrogen-bond donors (Lipinski definition) is 3. The monoisotopic (exact) mass is 387 g/mol. The second-order valence-electron chi connectivity index (χ2n) is 7.36. The minimum atomic E-state index is -3.67. The molecule has 0 heterocycles. The number of amidine groups is 1. The van der Waals surface area contributed by atoms with Gasteiger partial charge < -0.3 is 16.6 Å². The van der Waals surface area contributed by atoms with Crippen LogP contribution < -0.4 is 11.5 Å².